The number of rotatable bonds is 23. The topological polar surface area (TPSA) is 182 Å². The van der Waals surface area contributed by atoms with Crippen LogP contribution in [0, 0.1) is 0 Å². The molecule has 0 unspecified atom stereocenters. The molecule has 14 nitrogen and oxygen atoms in total. The van der Waals surface area contributed by atoms with Gasteiger partial charge in [0.1, 0.15) is 26.4 Å². The Labute approximate surface area is 348 Å². The summed E-state index contributed by atoms with van der Waals surface area (Å²) in [5.41, 5.74) is 6.91. The molecule has 0 radical (unpaired) electrons. The Kier molecular flexibility index (Phi) is 19.1. The van der Waals surface area contributed by atoms with E-state index in [0.717, 1.165) is 45.5 Å². The lowest BCUT2D eigenvalue weighted by molar-refractivity contribution is -0.149. The van der Waals surface area contributed by atoms with E-state index in [0.29, 0.717) is 37.1 Å². The van der Waals surface area contributed by atoms with Gasteiger partial charge in [-0.15, -0.1) is 0 Å². The standard InChI is InChI=1S/C46H48N2O12/c1-3-41(49)56-25-26-58-44(52)32-38-13-9-34(10-14-38)29-33-7-11-37(12-8-33)31-43(51)55-23-5-6-24-59-45(53)47-39-19-15-35(16-20-39)30-36-17-21-40(22-18-36)48-46(54)60-28-27-57-42(50)4-2/h3-4,7-22H,1-2,5-6,23-32H2,(H,47,53)(H,48,54). The number of unbranched alkanes of at least 4 members (excludes halogenated alkanes) is 1. The summed E-state index contributed by atoms with van der Waals surface area (Å²) in [5, 5.41) is 5.31. The number of anilines is 2. The van der Waals surface area contributed by atoms with Crippen molar-refractivity contribution in [2.75, 3.05) is 50.3 Å². The summed E-state index contributed by atoms with van der Waals surface area (Å²) in [7, 11) is 0. The lowest BCUT2D eigenvalue weighted by Crippen LogP contribution is -2.17. The van der Waals surface area contributed by atoms with Gasteiger partial charge in [0.25, 0.3) is 0 Å². The second-order valence-electron chi connectivity index (χ2n) is 13.1. The molecular formula is C46H48N2O12. The van der Waals surface area contributed by atoms with Gasteiger partial charge in [0.05, 0.1) is 26.1 Å². The van der Waals surface area contributed by atoms with Crippen LogP contribution in [-0.4, -0.2) is 75.7 Å². The minimum atomic E-state index is -0.667. The monoisotopic (exact) mass is 820 g/mol. The van der Waals surface area contributed by atoms with E-state index in [1.54, 1.807) is 24.3 Å². The van der Waals surface area contributed by atoms with E-state index in [1.807, 2.05) is 72.8 Å². The number of amides is 2. The number of hydrogen-bond donors (Lipinski definition) is 2. The Morgan fingerprint density at radius 1 is 0.400 bits per heavy atom. The van der Waals surface area contributed by atoms with Gasteiger partial charge < -0.3 is 28.4 Å². The van der Waals surface area contributed by atoms with Gasteiger partial charge in [-0.05, 0) is 83.3 Å². The molecule has 4 rings (SSSR count). The van der Waals surface area contributed by atoms with E-state index in [1.165, 1.54) is 0 Å². The molecule has 60 heavy (non-hydrogen) atoms. The lowest BCUT2D eigenvalue weighted by atomic mass is 10.0. The quantitative estimate of drug-likeness (QED) is 0.0337. The largest absolute Gasteiger partial charge is 0.465 e. The van der Waals surface area contributed by atoms with E-state index in [9.17, 15) is 28.8 Å². The molecule has 0 saturated carbocycles. The lowest BCUT2D eigenvalue weighted by Gasteiger charge is -2.09. The van der Waals surface area contributed by atoms with Gasteiger partial charge in [-0.2, -0.15) is 0 Å². The highest BCUT2D eigenvalue weighted by atomic mass is 16.6. The SMILES string of the molecule is C=CC(=O)OCCOC(=O)Cc1ccc(Cc2ccc(CC(=O)OCCCCOC(=O)Nc3ccc(Cc4ccc(NC(=O)OCCOC(=O)C=C)cc4)cc3)cc2)cc1. The van der Waals surface area contributed by atoms with Crippen molar-refractivity contribution in [2.24, 2.45) is 0 Å². The Morgan fingerprint density at radius 2 is 0.700 bits per heavy atom. The molecule has 2 N–H and O–H groups in total. The summed E-state index contributed by atoms with van der Waals surface area (Å²) in [5.74, 6) is -1.92. The second-order valence-corrected chi connectivity index (χ2v) is 13.1. The van der Waals surface area contributed by atoms with E-state index in [4.69, 9.17) is 28.4 Å². The Balaban J connectivity index is 1.04. The zero-order chi connectivity index (χ0) is 43.0. The first-order chi connectivity index (χ1) is 29.1. The second kappa shape index (κ2) is 25.2. The maximum Gasteiger partial charge on any atom is 0.411 e. The molecule has 0 heterocycles. The third kappa shape index (κ3) is 17.9. The number of benzene rings is 4. The Morgan fingerprint density at radius 3 is 1.10 bits per heavy atom. The van der Waals surface area contributed by atoms with Crippen LogP contribution in [0.1, 0.15) is 46.2 Å². The highest BCUT2D eigenvalue weighted by Crippen LogP contribution is 2.17. The summed E-state index contributed by atoms with van der Waals surface area (Å²) in [6.45, 7) is 6.78. The van der Waals surface area contributed by atoms with Gasteiger partial charge in [0.2, 0.25) is 0 Å². The first kappa shape index (κ1) is 45.5. The molecule has 0 aliphatic carbocycles. The first-order valence-corrected chi connectivity index (χ1v) is 19.2. The molecule has 14 heteroatoms. The van der Waals surface area contributed by atoms with Crippen LogP contribution in [-0.2, 0) is 73.3 Å². The number of carbonyl (C=O) groups is 6. The predicted molar refractivity (Wildman–Crippen MR) is 222 cm³/mol. The number of ether oxygens (including phenoxy) is 6. The van der Waals surface area contributed by atoms with Crippen molar-refractivity contribution in [3.63, 3.8) is 0 Å². The third-order valence-electron chi connectivity index (χ3n) is 8.48. The summed E-state index contributed by atoms with van der Waals surface area (Å²) in [6, 6.07) is 30.0. The highest BCUT2D eigenvalue weighted by Gasteiger charge is 2.10. The molecule has 4 aromatic rings. The molecule has 0 aromatic heterocycles. The van der Waals surface area contributed by atoms with Crippen molar-refractivity contribution < 1.29 is 57.2 Å². The third-order valence-corrected chi connectivity index (χ3v) is 8.48. The Bertz CT molecular complexity index is 1900. The number of nitrogens with one attached hydrogen (secondary N) is 2. The molecule has 0 aliphatic rings. The first-order valence-electron chi connectivity index (χ1n) is 19.2. The molecule has 0 saturated heterocycles. The summed E-state index contributed by atoms with van der Waals surface area (Å²) in [6.07, 6.45) is 3.44. The molecule has 0 bridgehead atoms. The predicted octanol–water partition coefficient (Wildman–Crippen LogP) is 7.08. The van der Waals surface area contributed by atoms with Crippen molar-refractivity contribution in [1.82, 2.24) is 0 Å². The van der Waals surface area contributed by atoms with Crippen LogP contribution in [0.2, 0.25) is 0 Å². The minimum absolute atomic E-state index is 0.0185. The number of esters is 4. The summed E-state index contributed by atoms with van der Waals surface area (Å²) >= 11 is 0. The number of hydrogen-bond acceptors (Lipinski definition) is 12. The summed E-state index contributed by atoms with van der Waals surface area (Å²) in [4.78, 5) is 70.6. The van der Waals surface area contributed by atoms with Crippen LogP contribution in [0.5, 0.6) is 0 Å². The number of carbonyl (C=O) groups excluding carboxylic acids is 6. The molecule has 0 aliphatic heterocycles. The normalized spacial score (nSPS) is 10.3. The van der Waals surface area contributed by atoms with Gasteiger partial charge in [-0.3, -0.25) is 20.2 Å². The van der Waals surface area contributed by atoms with Crippen LogP contribution < -0.4 is 10.6 Å². The fraction of sp³-hybridized carbons (Fsp3) is 0.261. The van der Waals surface area contributed by atoms with E-state index < -0.39 is 30.1 Å². The zero-order valence-electron chi connectivity index (χ0n) is 33.2. The average molecular weight is 821 g/mol. The van der Waals surface area contributed by atoms with E-state index in [-0.39, 0.29) is 58.5 Å². The molecule has 0 atom stereocenters. The van der Waals surface area contributed by atoms with Crippen LogP contribution in [0.3, 0.4) is 0 Å². The molecule has 0 spiro atoms. The van der Waals surface area contributed by atoms with E-state index >= 15 is 0 Å². The van der Waals surface area contributed by atoms with Crippen molar-refractivity contribution in [2.45, 2.75) is 38.5 Å². The van der Waals surface area contributed by atoms with Crippen molar-refractivity contribution >= 4 is 47.4 Å². The van der Waals surface area contributed by atoms with Crippen LogP contribution in [0.4, 0.5) is 21.0 Å². The highest BCUT2D eigenvalue weighted by molar-refractivity contribution is 5.85. The average Bonchev–Trinajstić information content (AvgIpc) is 3.25. The van der Waals surface area contributed by atoms with Crippen LogP contribution in [0.25, 0.3) is 0 Å². The van der Waals surface area contributed by atoms with E-state index in [2.05, 4.69) is 23.8 Å². The van der Waals surface area contributed by atoms with Gasteiger partial charge >= 0.3 is 36.1 Å². The zero-order valence-corrected chi connectivity index (χ0v) is 33.2. The maximum atomic E-state index is 12.4. The van der Waals surface area contributed by atoms with Crippen LogP contribution >= 0.6 is 0 Å². The molecule has 0 fully saturated rings. The fourth-order valence-corrected chi connectivity index (χ4v) is 5.42. The van der Waals surface area contributed by atoms with Gasteiger partial charge in [0.15, 0.2) is 0 Å². The smallest absolute Gasteiger partial charge is 0.411 e. The molecule has 2 amide bonds. The van der Waals surface area contributed by atoms with Crippen molar-refractivity contribution in [3.8, 4) is 0 Å². The minimum Gasteiger partial charge on any atom is -0.465 e. The van der Waals surface area contributed by atoms with Gasteiger partial charge in [0, 0.05) is 23.5 Å². The molecule has 314 valence electrons. The van der Waals surface area contributed by atoms with Crippen LogP contribution in [0.15, 0.2) is 122 Å². The van der Waals surface area contributed by atoms with Crippen molar-refractivity contribution in [1.29, 1.82) is 0 Å². The maximum absolute atomic E-state index is 12.4. The molecular weight excluding hydrogens is 773 g/mol. The summed E-state index contributed by atoms with van der Waals surface area (Å²) < 4.78 is 30.2. The van der Waals surface area contributed by atoms with Gasteiger partial charge in [-0.25, -0.2) is 19.2 Å². The van der Waals surface area contributed by atoms with Gasteiger partial charge in [-0.1, -0.05) is 86.0 Å². The fourth-order valence-electron chi connectivity index (χ4n) is 5.42. The molecule has 4 aromatic carbocycles. The van der Waals surface area contributed by atoms with Crippen molar-refractivity contribution in [3.05, 3.63) is 156 Å². The Hall–Kier alpha value is -7.22.